The van der Waals surface area contributed by atoms with E-state index in [0.29, 0.717) is 18.0 Å². The van der Waals surface area contributed by atoms with Crippen LogP contribution in [0.15, 0.2) is 66.2 Å². The largest absolute Gasteiger partial charge is 0.316 e. The summed E-state index contributed by atoms with van der Waals surface area (Å²) in [5, 5.41) is 0. The number of aromatic nitrogens is 1. The number of hydrogen-bond acceptors (Lipinski definition) is 2. The Morgan fingerprint density at radius 3 is 2.58 bits per heavy atom. The van der Waals surface area contributed by atoms with Crippen LogP contribution in [0.2, 0.25) is 0 Å². The highest BCUT2D eigenvalue weighted by Crippen LogP contribution is 2.46. The Hall–Kier alpha value is -2.46. The first-order valence-corrected chi connectivity index (χ1v) is 9.69. The summed E-state index contributed by atoms with van der Waals surface area (Å²) in [6.07, 6.45) is 4.19. The van der Waals surface area contributed by atoms with E-state index in [0.717, 1.165) is 28.2 Å². The molecule has 132 valence electrons. The summed E-state index contributed by atoms with van der Waals surface area (Å²) >= 11 is 1.57. The van der Waals surface area contributed by atoms with Crippen molar-refractivity contribution in [1.82, 2.24) is 4.57 Å². The van der Waals surface area contributed by atoms with E-state index in [4.69, 9.17) is 4.99 Å². The number of hydrogen-bond donors (Lipinski definition) is 0. The molecule has 1 fully saturated rings. The molecule has 2 nitrogen and oxygen atoms in total. The summed E-state index contributed by atoms with van der Waals surface area (Å²) in [7, 11) is 0. The van der Waals surface area contributed by atoms with E-state index in [1.54, 1.807) is 17.4 Å². The molecule has 0 amide bonds. The van der Waals surface area contributed by atoms with Crippen LogP contribution in [0.3, 0.4) is 0 Å². The molecule has 0 bridgehead atoms. The minimum Gasteiger partial charge on any atom is -0.316 e. The molecule has 4 heteroatoms. The third-order valence-electron chi connectivity index (χ3n) is 4.60. The van der Waals surface area contributed by atoms with Crippen LogP contribution in [-0.2, 0) is 6.54 Å². The molecule has 4 rings (SSSR count). The van der Waals surface area contributed by atoms with E-state index in [1.807, 2.05) is 30.3 Å². The van der Waals surface area contributed by atoms with Gasteiger partial charge in [0.05, 0.1) is 10.6 Å². The predicted molar refractivity (Wildman–Crippen MR) is 106 cm³/mol. The molecule has 0 saturated heterocycles. The van der Waals surface area contributed by atoms with Gasteiger partial charge in [0.1, 0.15) is 5.82 Å². The van der Waals surface area contributed by atoms with Gasteiger partial charge in [0.15, 0.2) is 4.80 Å². The molecule has 0 radical (unpaired) electrons. The number of nitrogens with zero attached hydrogens (tertiary/aromatic N) is 2. The van der Waals surface area contributed by atoms with E-state index in [1.165, 1.54) is 17.3 Å². The molecule has 1 aliphatic carbocycles. The lowest BCUT2D eigenvalue weighted by molar-refractivity contribution is 0.631. The maximum absolute atomic E-state index is 14.5. The first-order chi connectivity index (χ1) is 12.7. The van der Waals surface area contributed by atoms with Gasteiger partial charge in [0.2, 0.25) is 0 Å². The fourth-order valence-corrected chi connectivity index (χ4v) is 4.42. The first-order valence-electron chi connectivity index (χ1n) is 8.88. The van der Waals surface area contributed by atoms with Crippen LogP contribution < -0.4 is 4.80 Å². The van der Waals surface area contributed by atoms with E-state index in [-0.39, 0.29) is 5.82 Å². The summed E-state index contributed by atoms with van der Waals surface area (Å²) in [6.45, 7) is 6.65. The summed E-state index contributed by atoms with van der Waals surface area (Å²) in [5.41, 5.74) is 3.99. The van der Waals surface area contributed by atoms with Gasteiger partial charge in [-0.2, -0.15) is 0 Å². The molecule has 1 heterocycles. The highest BCUT2D eigenvalue weighted by Gasteiger charge is 2.31. The maximum Gasteiger partial charge on any atom is 0.191 e. The van der Waals surface area contributed by atoms with Gasteiger partial charge >= 0.3 is 0 Å². The molecular formula is C22H21FN2S. The van der Waals surface area contributed by atoms with Gasteiger partial charge < -0.3 is 4.57 Å². The molecule has 3 aromatic rings. The second-order valence-corrected chi connectivity index (χ2v) is 7.68. The van der Waals surface area contributed by atoms with Crippen LogP contribution in [0.5, 0.6) is 0 Å². The zero-order valence-corrected chi connectivity index (χ0v) is 15.6. The van der Waals surface area contributed by atoms with Crippen LogP contribution in [0, 0.1) is 12.7 Å². The zero-order valence-electron chi connectivity index (χ0n) is 14.8. The number of thiazole rings is 1. The molecule has 0 N–H and O–H groups in total. The molecule has 0 unspecified atom stereocenters. The van der Waals surface area contributed by atoms with Crippen molar-refractivity contribution in [2.45, 2.75) is 32.2 Å². The van der Waals surface area contributed by atoms with Crippen LogP contribution in [-0.4, -0.2) is 4.57 Å². The third-order valence-corrected chi connectivity index (χ3v) is 5.73. The minimum atomic E-state index is -0.178. The van der Waals surface area contributed by atoms with Crippen molar-refractivity contribution in [1.29, 1.82) is 0 Å². The second kappa shape index (κ2) is 7.04. The Morgan fingerprint density at radius 1 is 1.19 bits per heavy atom. The molecule has 0 atom stereocenters. The van der Waals surface area contributed by atoms with Gasteiger partial charge in [-0.25, -0.2) is 9.38 Å². The van der Waals surface area contributed by atoms with Gasteiger partial charge in [-0.1, -0.05) is 53.3 Å². The van der Waals surface area contributed by atoms with Crippen molar-refractivity contribution in [2.24, 2.45) is 4.99 Å². The molecule has 0 aliphatic heterocycles. The first kappa shape index (κ1) is 17.0. The van der Waals surface area contributed by atoms with Gasteiger partial charge in [-0.3, -0.25) is 0 Å². The van der Waals surface area contributed by atoms with Crippen molar-refractivity contribution in [2.75, 3.05) is 0 Å². The Kier molecular flexibility index (Phi) is 4.60. The smallest absolute Gasteiger partial charge is 0.191 e. The molecule has 1 aromatic heterocycles. The van der Waals surface area contributed by atoms with Crippen LogP contribution in [0.4, 0.5) is 10.1 Å². The number of rotatable bonds is 5. The molecule has 0 spiro atoms. The molecule has 26 heavy (non-hydrogen) atoms. The average Bonchev–Trinajstić information content (AvgIpc) is 3.42. The number of halogens is 1. The van der Waals surface area contributed by atoms with Crippen molar-refractivity contribution < 1.29 is 4.39 Å². The van der Waals surface area contributed by atoms with E-state index < -0.39 is 0 Å². The fourth-order valence-electron chi connectivity index (χ4n) is 3.14. The highest BCUT2D eigenvalue weighted by molar-refractivity contribution is 7.13. The van der Waals surface area contributed by atoms with Crippen molar-refractivity contribution in [3.63, 3.8) is 0 Å². The summed E-state index contributed by atoms with van der Waals surface area (Å²) in [6, 6.07) is 15.2. The highest BCUT2D eigenvalue weighted by atomic mass is 32.1. The minimum absolute atomic E-state index is 0.178. The van der Waals surface area contributed by atoms with Crippen LogP contribution >= 0.6 is 11.3 Å². The van der Waals surface area contributed by atoms with Gasteiger partial charge in [-0.05, 0) is 38.0 Å². The van der Waals surface area contributed by atoms with E-state index in [2.05, 4.69) is 30.2 Å². The lowest BCUT2D eigenvalue weighted by Crippen LogP contribution is -2.16. The van der Waals surface area contributed by atoms with Gasteiger partial charge in [0, 0.05) is 23.7 Å². The summed E-state index contributed by atoms with van der Waals surface area (Å²) < 4.78 is 16.7. The lowest BCUT2D eigenvalue weighted by atomic mass is 10.1. The average molecular weight is 364 g/mol. The lowest BCUT2D eigenvalue weighted by Gasteiger charge is -2.08. The third kappa shape index (κ3) is 3.29. The molecule has 2 aromatic carbocycles. The van der Waals surface area contributed by atoms with E-state index in [9.17, 15) is 4.39 Å². The SMILES string of the molecule is C=CCn1c(C2CC2)c(-c2ccccc2F)sc1=Nc1ccc(C)cc1. The monoisotopic (exact) mass is 364 g/mol. The van der Waals surface area contributed by atoms with Gasteiger partial charge in [0.25, 0.3) is 0 Å². The van der Waals surface area contributed by atoms with Crippen molar-refractivity contribution in [3.05, 3.63) is 83.1 Å². The van der Waals surface area contributed by atoms with Crippen LogP contribution in [0.25, 0.3) is 10.4 Å². The number of allylic oxidation sites excluding steroid dienone is 1. The standard InChI is InChI=1S/C22H21FN2S/c1-3-14-25-20(16-10-11-16)21(18-6-4-5-7-19(18)23)26-22(25)24-17-12-8-15(2)9-13-17/h3-9,12-13,16H,1,10-11,14H2,2H3. The Morgan fingerprint density at radius 2 is 1.92 bits per heavy atom. The molecule has 1 aliphatic rings. The number of benzene rings is 2. The molecular weight excluding hydrogens is 343 g/mol. The fraction of sp³-hybridized carbons (Fsp3) is 0.227. The number of aryl methyl sites for hydroxylation is 1. The Bertz CT molecular complexity index is 1010. The summed E-state index contributed by atoms with van der Waals surface area (Å²) in [5.74, 6) is 0.311. The van der Waals surface area contributed by atoms with Crippen molar-refractivity contribution in [3.8, 4) is 10.4 Å². The van der Waals surface area contributed by atoms with E-state index >= 15 is 0 Å². The summed E-state index contributed by atoms with van der Waals surface area (Å²) in [4.78, 5) is 6.75. The predicted octanol–water partition coefficient (Wildman–Crippen LogP) is 5.96. The Labute approximate surface area is 157 Å². The van der Waals surface area contributed by atoms with Crippen molar-refractivity contribution >= 4 is 17.0 Å². The molecule has 1 saturated carbocycles. The quantitative estimate of drug-likeness (QED) is 0.497. The normalized spacial score (nSPS) is 14.6. The zero-order chi connectivity index (χ0) is 18.1. The second-order valence-electron chi connectivity index (χ2n) is 6.70. The van der Waals surface area contributed by atoms with Gasteiger partial charge in [-0.15, -0.1) is 6.58 Å². The topological polar surface area (TPSA) is 17.3 Å². The maximum atomic E-state index is 14.5. The van der Waals surface area contributed by atoms with Crippen LogP contribution in [0.1, 0.15) is 30.0 Å². The Balaban J connectivity index is 1.94.